The highest BCUT2D eigenvalue weighted by Gasteiger charge is 2.11. The summed E-state index contributed by atoms with van der Waals surface area (Å²) in [6.45, 7) is 8.25. The first-order valence-corrected chi connectivity index (χ1v) is 5.53. The zero-order chi connectivity index (χ0) is 10.7. The van der Waals surface area contributed by atoms with E-state index in [-0.39, 0.29) is 0 Å². The average molecular weight is 206 g/mol. The number of nitrogens with zero attached hydrogens (tertiary/aromatic N) is 3. The van der Waals surface area contributed by atoms with E-state index in [4.69, 9.17) is 0 Å². The third kappa shape index (κ3) is 2.65. The van der Waals surface area contributed by atoms with Gasteiger partial charge in [-0.05, 0) is 26.8 Å². The van der Waals surface area contributed by atoms with E-state index in [2.05, 4.69) is 26.3 Å². The van der Waals surface area contributed by atoms with Crippen molar-refractivity contribution in [3.8, 4) is 0 Å². The first-order chi connectivity index (χ1) is 7.25. The Kier molecular flexibility index (Phi) is 3.16. The van der Waals surface area contributed by atoms with Crippen molar-refractivity contribution in [3.05, 3.63) is 17.6 Å². The number of rotatable bonds is 1. The molecule has 1 aromatic heterocycles. The van der Waals surface area contributed by atoms with Gasteiger partial charge in [0.15, 0.2) is 0 Å². The number of hydrogen-bond acceptors (Lipinski definition) is 4. The van der Waals surface area contributed by atoms with Crippen LogP contribution in [0.25, 0.3) is 0 Å². The second-order valence-corrected chi connectivity index (χ2v) is 4.01. The lowest BCUT2D eigenvalue weighted by Crippen LogP contribution is -2.28. The van der Waals surface area contributed by atoms with Crippen LogP contribution >= 0.6 is 0 Å². The Morgan fingerprint density at radius 2 is 2.07 bits per heavy atom. The maximum absolute atomic E-state index is 4.49. The fourth-order valence-electron chi connectivity index (χ4n) is 1.93. The topological polar surface area (TPSA) is 41.0 Å². The van der Waals surface area contributed by atoms with Crippen LogP contribution in [0.2, 0.25) is 0 Å². The molecule has 2 heterocycles. The normalized spacial score (nSPS) is 17.6. The van der Waals surface area contributed by atoms with Gasteiger partial charge >= 0.3 is 0 Å². The van der Waals surface area contributed by atoms with E-state index in [1.165, 1.54) is 6.42 Å². The standard InChI is InChI=1S/C11H18N4/c1-9-8-11(14-10(2)13-9)15-6-3-4-12-5-7-15/h8,12H,3-7H2,1-2H3. The molecule has 0 unspecified atom stereocenters. The molecule has 1 aromatic rings. The van der Waals surface area contributed by atoms with Gasteiger partial charge in [0.2, 0.25) is 0 Å². The van der Waals surface area contributed by atoms with Crippen LogP contribution in [-0.2, 0) is 0 Å². The molecule has 1 aliphatic rings. The molecule has 0 aliphatic carbocycles. The van der Waals surface area contributed by atoms with Crippen LogP contribution in [-0.4, -0.2) is 36.1 Å². The minimum atomic E-state index is 0.863. The molecule has 0 aromatic carbocycles. The second-order valence-electron chi connectivity index (χ2n) is 4.01. The van der Waals surface area contributed by atoms with Crippen molar-refractivity contribution in [2.24, 2.45) is 0 Å². The Bertz CT molecular complexity index is 309. The summed E-state index contributed by atoms with van der Waals surface area (Å²) in [6, 6.07) is 2.07. The number of nitrogens with one attached hydrogen (secondary N) is 1. The van der Waals surface area contributed by atoms with Crippen LogP contribution in [0.15, 0.2) is 6.07 Å². The molecule has 1 N–H and O–H groups in total. The lowest BCUT2D eigenvalue weighted by molar-refractivity contribution is 0.724. The first-order valence-electron chi connectivity index (χ1n) is 5.53. The molecule has 1 saturated heterocycles. The second kappa shape index (κ2) is 4.57. The van der Waals surface area contributed by atoms with E-state index in [0.717, 1.165) is 43.5 Å². The Balaban J connectivity index is 2.19. The molecular formula is C11H18N4. The summed E-state index contributed by atoms with van der Waals surface area (Å²) in [4.78, 5) is 11.1. The van der Waals surface area contributed by atoms with Gasteiger partial charge in [0.05, 0.1) is 0 Å². The molecule has 0 radical (unpaired) electrons. The zero-order valence-corrected chi connectivity index (χ0v) is 9.45. The van der Waals surface area contributed by atoms with E-state index >= 15 is 0 Å². The third-order valence-electron chi connectivity index (χ3n) is 2.62. The van der Waals surface area contributed by atoms with Gasteiger partial charge in [-0.2, -0.15) is 0 Å². The Morgan fingerprint density at radius 3 is 2.87 bits per heavy atom. The molecule has 15 heavy (non-hydrogen) atoms. The van der Waals surface area contributed by atoms with E-state index in [9.17, 15) is 0 Å². The van der Waals surface area contributed by atoms with Gasteiger partial charge in [-0.3, -0.25) is 0 Å². The SMILES string of the molecule is Cc1cc(N2CCCNCC2)nc(C)n1. The Hall–Kier alpha value is -1.16. The summed E-state index contributed by atoms with van der Waals surface area (Å²) in [5, 5.41) is 3.39. The molecule has 1 fully saturated rings. The summed E-state index contributed by atoms with van der Waals surface area (Å²) in [5.74, 6) is 1.94. The van der Waals surface area contributed by atoms with Gasteiger partial charge in [0.1, 0.15) is 11.6 Å². The fourth-order valence-corrected chi connectivity index (χ4v) is 1.93. The summed E-state index contributed by atoms with van der Waals surface area (Å²) in [5.41, 5.74) is 1.05. The number of aryl methyl sites for hydroxylation is 2. The summed E-state index contributed by atoms with van der Waals surface area (Å²) in [7, 11) is 0. The van der Waals surface area contributed by atoms with Crippen LogP contribution in [0.1, 0.15) is 17.9 Å². The lowest BCUT2D eigenvalue weighted by atomic mass is 10.3. The maximum Gasteiger partial charge on any atom is 0.132 e. The number of anilines is 1. The van der Waals surface area contributed by atoms with Crippen molar-refractivity contribution in [2.75, 3.05) is 31.1 Å². The molecule has 1 aliphatic heterocycles. The van der Waals surface area contributed by atoms with Crippen LogP contribution in [0.3, 0.4) is 0 Å². The Morgan fingerprint density at radius 1 is 1.20 bits per heavy atom. The largest absolute Gasteiger partial charge is 0.355 e. The van der Waals surface area contributed by atoms with E-state index in [0.29, 0.717) is 0 Å². The van der Waals surface area contributed by atoms with Gasteiger partial charge in [-0.1, -0.05) is 0 Å². The van der Waals surface area contributed by atoms with Crippen molar-refractivity contribution in [1.82, 2.24) is 15.3 Å². The lowest BCUT2D eigenvalue weighted by Gasteiger charge is -2.21. The minimum absolute atomic E-state index is 0.863. The predicted molar refractivity (Wildman–Crippen MR) is 61.2 cm³/mol. The summed E-state index contributed by atoms with van der Waals surface area (Å²) < 4.78 is 0. The zero-order valence-electron chi connectivity index (χ0n) is 9.45. The highest BCUT2D eigenvalue weighted by atomic mass is 15.2. The van der Waals surface area contributed by atoms with Crippen molar-refractivity contribution < 1.29 is 0 Å². The molecule has 82 valence electrons. The highest BCUT2D eigenvalue weighted by Crippen LogP contribution is 2.13. The van der Waals surface area contributed by atoms with Crippen LogP contribution in [0.5, 0.6) is 0 Å². The fraction of sp³-hybridized carbons (Fsp3) is 0.636. The third-order valence-corrected chi connectivity index (χ3v) is 2.62. The van der Waals surface area contributed by atoms with Crippen molar-refractivity contribution in [1.29, 1.82) is 0 Å². The first kappa shape index (κ1) is 10.4. The summed E-state index contributed by atoms with van der Waals surface area (Å²) in [6.07, 6.45) is 1.18. The van der Waals surface area contributed by atoms with E-state index < -0.39 is 0 Å². The summed E-state index contributed by atoms with van der Waals surface area (Å²) >= 11 is 0. The molecular weight excluding hydrogens is 188 g/mol. The predicted octanol–water partition coefficient (Wildman–Crippen LogP) is 0.893. The molecule has 2 rings (SSSR count). The average Bonchev–Trinajstić information content (AvgIpc) is 2.43. The van der Waals surface area contributed by atoms with Crippen LogP contribution < -0.4 is 10.2 Å². The van der Waals surface area contributed by atoms with E-state index in [1.807, 2.05) is 13.8 Å². The monoisotopic (exact) mass is 206 g/mol. The van der Waals surface area contributed by atoms with Gasteiger partial charge in [-0.15, -0.1) is 0 Å². The highest BCUT2D eigenvalue weighted by molar-refractivity contribution is 5.39. The molecule has 0 saturated carbocycles. The van der Waals surface area contributed by atoms with Crippen LogP contribution in [0.4, 0.5) is 5.82 Å². The van der Waals surface area contributed by atoms with Gasteiger partial charge < -0.3 is 10.2 Å². The quantitative estimate of drug-likeness (QED) is 0.741. The van der Waals surface area contributed by atoms with Crippen LogP contribution in [0, 0.1) is 13.8 Å². The molecule has 4 heteroatoms. The Labute approximate surface area is 90.7 Å². The minimum Gasteiger partial charge on any atom is -0.355 e. The molecule has 0 bridgehead atoms. The van der Waals surface area contributed by atoms with Crippen molar-refractivity contribution in [2.45, 2.75) is 20.3 Å². The van der Waals surface area contributed by atoms with Gasteiger partial charge in [0, 0.05) is 31.4 Å². The number of hydrogen-bond donors (Lipinski definition) is 1. The molecule has 0 spiro atoms. The van der Waals surface area contributed by atoms with E-state index in [1.54, 1.807) is 0 Å². The maximum atomic E-state index is 4.49. The molecule has 0 atom stereocenters. The molecule has 4 nitrogen and oxygen atoms in total. The molecule has 0 amide bonds. The smallest absolute Gasteiger partial charge is 0.132 e. The van der Waals surface area contributed by atoms with Crippen molar-refractivity contribution in [3.63, 3.8) is 0 Å². The number of aromatic nitrogens is 2. The van der Waals surface area contributed by atoms with Gasteiger partial charge in [-0.25, -0.2) is 9.97 Å². The van der Waals surface area contributed by atoms with Gasteiger partial charge in [0.25, 0.3) is 0 Å². The van der Waals surface area contributed by atoms with Crippen molar-refractivity contribution >= 4 is 5.82 Å².